The van der Waals surface area contributed by atoms with Crippen molar-refractivity contribution in [2.75, 3.05) is 10.6 Å². The number of amides is 2. The van der Waals surface area contributed by atoms with Crippen LogP contribution in [0.25, 0.3) is 0 Å². The van der Waals surface area contributed by atoms with Gasteiger partial charge in [0.15, 0.2) is 0 Å². The lowest BCUT2D eigenvalue weighted by molar-refractivity contribution is -0.120. The molecule has 136 valence electrons. The molecule has 0 saturated heterocycles. The third kappa shape index (κ3) is 4.67. The maximum atomic E-state index is 13.2. The number of carbonyl (C=O) groups is 2. The van der Waals surface area contributed by atoms with Gasteiger partial charge in [0.05, 0.1) is 0 Å². The van der Waals surface area contributed by atoms with Crippen LogP contribution in [-0.4, -0.2) is 17.9 Å². The van der Waals surface area contributed by atoms with Crippen molar-refractivity contribution < 1.29 is 14.0 Å². The second-order valence-corrected chi connectivity index (χ2v) is 6.66. The van der Waals surface area contributed by atoms with Crippen LogP contribution in [-0.2, 0) is 4.79 Å². The van der Waals surface area contributed by atoms with Crippen LogP contribution < -0.4 is 16.4 Å². The van der Waals surface area contributed by atoms with E-state index in [1.807, 2.05) is 0 Å². The molecule has 1 fully saturated rings. The first-order chi connectivity index (χ1) is 12.5. The summed E-state index contributed by atoms with van der Waals surface area (Å²) >= 11 is 0. The molecule has 0 bridgehead atoms. The topological polar surface area (TPSA) is 84.2 Å². The molecule has 2 unspecified atom stereocenters. The predicted molar refractivity (Wildman–Crippen MR) is 99.4 cm³/mol. The van der Waals surface area contributed by atoms with E-state index in [9.17, 15) is 14.0 Å². The van der Waals surface area contributed by atoms with Gasteiger partial charge in [0, 0.05) is 28.9 Å². The summed E-state index contributed by atoms with van der Waals surface area (Å²) in [7, 11) is 0. The number of halogens is 1. The van der Waals surface area contributed by atoms with E-state index in [1.165, 1.54) is 18.2 Å². The summed E-state index contributed by atoms with van der Waals surface area (Å²) < 4.78 is 13.2. The minimum absolute atomic E-state index is 0.0668. The molecule has 1 saturated carbocycles. The summed E-state index contributed by atoms with van der Waals surface area (Å²) in [5.74, 6) is -0.952. The van der Waals surface area contributed by atoms with Crippen molar-refractivity contribution in [3.05, 3.63) is 59.9 Å². The molecule has 2 atom stereocenters. The molecule has 5 nitrogen and oxygen atoms in total. The smallest absolute Gasteiger partial charge is 0.255 e. The SMILES string of the molecule is NC1CCCC(C(=O)Nc2cccc(C(=O)Nc3cccc(F)c3)c2)C1. The van der Waals surface area contributed by atoms with Gasteiger partial charge >= 0.3 is 0 Å². The molecule has 4 N–H and O–H groups in total. The van der Waals surface area contributed by atoms with Gasteiger partial charge in [-0.05, 0) is 55.7 Å². The fourth-order valence-corrected chi connectivity index (χ4v) is 3.22. The Hall–Kier alpha value is -2.73. The van der Waals surface area contributed by atoms with Crippen LogP contribution in [0, 0.1) is 11.7 Å². The van der Waals surface area contributed by atoms with Gasteiger partial charge < -0.3 is 16.4 Å². The zero-order valence-electron chi connectivity index (χ0n) is 14.4. The Kier molecular flexibility index (Phi) is 5.63. The summed E-state index contributed by atoms with van der Waals surface area (Å²) in [6, 6.07) is 12.4. The molecule has 2 aromatic carbocycles. The van der Waals surface area contributed by atoms with E-state index in [1.54, 1.807) is 30.3 Å². The number of nitrogens with two attached hydrogens (primary N) is 1. The maximum absolute atomic E-state index is 13.2. The molecule has 0 spiro atoms. The van der Waals surface area contributed by atoms with Crippen LogP contribution in [0.2, 0.25) is 0 Å². The molecule has 26 heavy (non-hydrogen) atoms. The van der Waals surface area contributed by atoms with Gasteiger partial charge in [-0.2, -0.15) is 0 Å². The molecule has 3 rings (SSSR count). The van der Waals surface area contributed by atoms with Crippen LogP contribution in [0.3, 0.4) is 0 Å². The van der Waals surface area contributed by atoms with E-state index < -0.39 is 5.82 Å². The lowest BCUT2D eigenvalue weighted by Crippen LogP contribution is -2.34. The molecule has 2 amide bonds. The van der Waals surface area contributed by atoms with Crippen LogP contribution in [0.1, 0.15) is 36.0 Å². The number of rotatable bonds is 4. The number of hydrogen-bond acceptors (Lipinski definition) is 3. The Morgan fingerprint density at radius 2 is 1.73 bits per heavy atom. The summed E-state index contributed by atoms with van der Waals surface area (Å²) in [6.45, 7) is 0. The molecule has 1 aliphatic carbocycles. The molecular weight excluding hydrogens is 333 g/mol. The fraction of sp³-hybridized carbons (Fsp3) is 0.300. The predicted octanol–water partition coefficient (Wildman–Crippen LogP) is 3.53. The summed E-state index contributed by atoms with van der Waals surface area (Å²) in [5.41, 5.74) is 7.26. The Balaban J connectivity index is 1.65. The van der Waals surface area contributed by atoms with Crippen LogP contribution in [0.5, 0.6) is 0 Å². The quantitative estimate of drug-likeness (QED) is 0.784. The maximum Gasteiger partial charge on any atom is 0.255 e. The van der Waals surface area contributed by atoms with Crippen molar-refractivity contribution in [3.8, 4) is 0 Å². The Morgan fingerprint density at radius 1 is 1.00 bits per heavy atom. The zero-order valence-corrected chi connectivity index (χ0v) is 14.4. The standard InChI is InChI=1S/C20H22FN3O2/c21-15-6-3-9-18(12-15)24-20(26)14-5-2-8-17(11-14)23-19(25)13-4-1-7-16(22)10-13/h2-3,5-6,8-9,11-13,16H,1,4,7,10,22H2,(H,23,25)(H,24,26). The van der Waals surface area contributed by atoms with E-state index >= 15 is 0 Å². The first kappa shape index (κ1) is 18.1. The van der Waals surface area contributed by atoms with Gasteiger partial charge in [0.25, 0.3) is 5.91 Å². The van der Waals surface area contributed by atoms with Crippen molar-refractivity contribution in [2.45, 2.75) is 31.7 Å². The van der Waals surface area contributed by atoms with E-state index in [2.05, 4.69) is 10.6 Å². The molecule has 0 heterocycles. The van der Waals surface area contributed by atoms with Crippen molar-refractivity contribution in [1.29, 1.82) is 0 Å². The average molecular weight is 355 g/mol. The Bertz CT molecular complexity index is 809. The summed E-state index contributed by atoms with van der Waals surface area (Å²) in [5, 5.41) is 5.51. The van der Waals surface area contributed by atoms with Gasteiger partial charge in [-0.3, -0.25) is 9.59 Å². The highest BCUT2D eigenvalue weighted by Gasteiger charge is 2.25. The molecule has 0 aliphatic heterocycles. The largest absolute Gasteiger partial charge is 0.328 e. The van der Waals surface area contributed by atoms with Crippen molar-refractivity contribution in [2.24, 2.45) is 11.7 Å². The minimum atomic E-state index is -0.422. The third-order valence-corrected chi connectivity index (χ3v) is 4.56. The molecular formula is C20H22FN3O2. The van der Waals surface area contributed by atoms with Crippen LogP contribution in [0.15, 0.2) is 48.5 Å². The number of anilines is 2. The molecule has 6 heteroatoms. The molecule has 0 radical (unpaired) electrons. The molecule has 0 aromatic heterocycles. The third-order valence-electron chi connectivity index (χ3n) is 4.56. The highest BCUT2D eigenvalue weighted by Crippen LogP contribution is 2.25. The highest BCUT2D eigenvalue weighted by atomic mass is 19.1. The van der Waals surface area contributed by atoms with Crippen molar-refractivity contribution in [3.63, 3.8) is 0 Å². The first-order valence-electron chi connectivity index (χ1n) is 8.74. The number of hydrogen-bond donors (Lipinski definition) is 3. The number of carbonyl (C=O) groups excluding carboxylic acids is 2. The summed E-state index contributed by atoms with van der Waals surface area (Å²) in [6.07, 6.45) is 3.43. The van der Waals surface area contributed by atoms with E-state index in [0.29, 0.717) is 23.4 Å². The van der Waals surface area contributed by atoms with Crippen molar-refractivity contribution >= 4 is 23.2 Å². The zero-order chi connectivity index (χ0) is 18.5. The van der Waals surface area contributed by atoms with Gasteiger partial charge in [-0.15, -0.1) is 0 Å². The Labute approximate surface area is 151 Å². The monoisotopic (exact) mass is 355 g/mol. The number of benzene rings is 2. The Morgan fingerprint density at radius 3 is 2.46 bits per heavy atom. The molecule has 1 aliphatic rings. The van der Waals surface area contributed by atoms with Gasteiger partial charge in [-0.25, -0.2) is 4.39 Å². The highest BCUT2D eigenvalue weighted by molar-refractivity contribution is 6.05. The fourth-order valence-electron chi connectivity index (χ4n) is 3.22. The second kappa shape index (κ2) is 8.10. The average Bonchev–Trinajstić information content (AvgIpc) is 2.62. The van der Waals surface area contributed by atoms with E-state index in [0.717, 1.165) is 19.3 Å². The first-order valence-corrected chi connectivity index (χ1v) is 8.74. The lowest BCUT2D eigenvalue weighted by Gasteiger charge is -2.25. The normalized spacial score (nSPS) is 19.6. The summed E-state index contributed by atoms with van der Waals surface area (Å²) in [4.78, 5) is 24.8. The van der Waals surface area contributed by atoms with E-state index in [4.69, 9.17) is 5.73 Å². The minimum Gasteiger partial charge on any atom is -0.328 e. The van der Waals surface area contributed by atoms with Crippen molar-refractivity contribution in [1.82, 2.24) is 0 Å². The van der Waals surface area contributed by atoms with E-state index in [-0.39, 0.29) is 23.8 Å². The van der Waals surface area contributed by atoms with Crippen LogP contribution >= 0.6 is 0 Å². The lowest BCUT2D eigenvalue weighted by atomic mass is 9.85. The van der Waals surface area contributed by atoms with Crippen LogP contribution in [0.4, 0.5) is 15.8 Å². The van der Waals surface area contributed by atoms with Gasteiger partial charge in [0.2, 0.25) is 5.91 Å². The van der Waals surface area contributed by atoms with Gasteiger partial charge in [-0.1, -0.05) is 18.6 Å². The second-order valence-electron chi connectivity index (χ2n) is 6.66. The molecule has 2 aromatic rings. The number of nitrogens with one attached hydrogen (secondary N) is 2. The van der Waals surface area contributed by atoms with Gasteiger partial charge in [0.1, 0.15) is 5.82 Å².